The highest BCUT2D eigenvalue weighted by atomic mass is 35.5. The van der Waals surface area contributed by atoms with E-state index in [4.69, 9.17) is 16.3 Å². The number of hydrogen-bond acceptors (Lipinski definition) is 4. The number of amides is 1. The van der Waals surface area contributed by atoms with Gasteiger partial charge in [-0.3, -0.25) is 9.78 Å². The average molecular weight is 533 g/mol. The molecule has 2 aromatic carbocycles. The molecule has 192 valence electrons. The molecule has 1 amide bonds. The van der Waals surface area contributed by atoms with E-state index in [2.05, 4.69) is 35.0 Å². The number of benzene rings is 2. The Morgan fingerprint density at radius 2 is 1.84 bits per heavy atom. The zero-order valence-corrected chi connectivity index (χ0v) is 23.2. The molecule has 0 N–H and O–H groups in total. The van der Waals surface area contributed by atoms with Gasteiger partial charge in [0.2, 0.25) is 0 Å². The van der Waals surface area contributed by atoms with Crippen molar-refractivity contribution in [2.24, 2.45) is 5.92 Å². The summed E-state index contributed by atoms with van der Waals surface area (Å²) >= 11 is 8.28. The van der Waals surface area contributed by atoms with Crippen LogP contribution in [0.15, 0.2) is 60.8 Å². The third-order valence-electron chi connectivity index (χ3n) is 7.68. The number of thiophene rings is 1. The van der Waals surface area contributed by atoms with Crippen molar-refractivity contribution in [1.82, 2.24) is 9.88 Å². The van der Waals surface area contributed by atoms with Crippen LogP contribution in [0.5, 0.6) is 5.75 Å². The van der Waals surface area contributed by atoms with Crippen LogP contribution < -0.4 is 4.74 Å². The third-order valence-corrected chi connectivity index (χ3v) is 9.34. The number of methoxy groups -OCH3 is 1. The van der Waals surface area contributed by atoms with Crippen LogP contribution in [-0.2, 0) is 6.54 Å². The molecule has 0 radical (unpaired) electrons. The molecule has 0 bridgehead atoms. The van der Waals surface area contributed by atoms with Crippen LogP contribution in [0.25, 0.3) is 21.2 Å². The van der Waals surface area contributed by atoms with E-state index in [9.17, 15) is 4.79 Å². The summed E-state index contributed by atoms with van der Waals surface area (Å²) in [5.74, 6) is 1.55. The van der Waals surface area contributed by atoms with Crippen LogP contribution in [0.3, 0.4) is 0 Å². The molecule has 0 atom stereocenters. The smallest absolute Gasteiger partial charge is 0.266 e. The Morgan fingerprint density at radius 3 is 2.54 bits per heavy atom. The number of nitrogens with zero attached hydrogens (tertiary/aromatic N) is 2. The van der Waals surface area contributed by atoms with E-state index >= 15 is 0 Å². The van der Waals surface area contributed by atoms with Gasteiger partial charge in [-0.25, -0.2) is 0 Å². The van der Waals surface area contributed by atoms with Crippen LogP contribution in [0.4, 0.5) is 0 Å². The number of carbonyl (C=O) groups excluding carboxylic acids is 1. The Morgan fingerprint density at radius 1 is 1.08 bits per heavy atom. The third kappa shape index (κ3) is 5.39. The molecule has 37 heavy (non-hydrogen) atoms. The van der Waals surface area contributed by atoms with E-state index in [-0.39, 0.29) is 11.9 Å². The van der Waals surface area contributed by atoms with Crippen molar-refractivity contribution < 1.29 is 9.53 Å². The Labute approximate surface area is 228 Å². The molecule has 0 aliphatic heterocycles. The van der Waals surface area contributed by atoms with Gasteiger partial charge in [0.15, 0.2) is 0 Å². The van der Waals surface area contributed by atoms with Gasteiger partial charge in [-0.1, -0.05) is 49.2 Å². The van der Waals surface area contributed by atoms with Crippen molar-refractivity contribution in [3.05, 3.63) is 82.0 Å². The minimum Gasteiger partial charge on any atom is -0.496 e. The largest absolute Gasteiger partial charge is 0.496 e. The van der Waals surface area contributed by atoms with Crippen molar-refractivity contribution in [3.8, 4) is 16.9 Å². The lowest BCUT2D eigenvalue weighted by Gasteiger charge is -2.37. The molecule has 4 nitrogen and oxygen atoms in total. The Balaban J connectivity index is 1.53. The fraction of sp³-hybridized carbons (Fsp3) is 0.355. The van der Waals surface area contributed by atoms with Crippen LogP contribution >= 0.6 is 22.9 Å². The Hall–Kier alpha value is -2.89. The first-order valence-electron chi connectivity index (χ1n) is 13.1. The molecule has 0 unspecified atom stereocenters. The van der Waals surface area contributed by atoms with E-state index < -0.39 is 0 Å². The van der Waals surface area contributed by atoms with E-state index in [0.29, 0.717) is 16.4 Å². The first-order chi connectivity index (χ1) is 18.0. The molecule has 0 spiro atoms. The highest BCUT2D eigenvalue weighted by molar-refractivity contribution is 7.21. The first-order valence-corrected chi connectivity index (χ1v) is 14.3. The molecule has 0 saturated heterocycles. The number of fused-ring (bicyclic) bond motifs is 1. The van der Waals surface area contributed by atoms with Crippen molar-refractivity contribution in [3.63, 3.8) is 0 Å². The highest BCUT2D eigenvalue weighted by Crippen LogP contribution is 2.39. The van der Waals surface area contributed by atoms with Gasteiger partial charge in [0.25, 0.3) is 5.91 Å². The van der Waals surface area contributed by atoms with Crippen molar-refractivity contribution in [1.29, 1.82) is 0 Å². The van der Waals surface area contributed by atoms with Gasteiger partial charge in [0.05, 0.1) is 12.1 Å². The fourth-order valence-electron chi connectivity index (χ4n) is 5.50. The maximum absolute atomic E-state index is 14.2. The zero-order valence-electron chi connectivity index (χ0n) is 21.7. The zero-order chi connectivity index (χ0) is 25.9. The molecular formula is C31H33ClN2O2S. The maximum Gasteiger partial charge on any atom is 0.266 e. The van der Waals surface area contributed by atoms with E-state index in [1.807, 2.05) is 49.5 Å². The number of hydrogen-bond donors (Lipinski definition) is 0. The van der Waals surface area contributed by atoms with E-state index in [1.165, 1.54) is 17.8 Å². The molecule has 1 fully saturated rings. The molecule has 1 aliphatic carbocycles. The van der Waals surface area contributed by atoms with Crippen molar-refractivity contribution in [2.45, 2.75) is 58.5 Å². The van der Waals surface area contributed by atoms with E-state index in [1.54, 1.807) is 7.11 Å². The number of ether oxygens (including phenoxy) is 1. The number of pyridine rings is 1. The summed E-state index contributed by atoms with van der Waals surface area (Å²) < 4.78 is 6.81. The van der Waals surface area contributed by atoms with Crippen LogP contribution in [-0.4, -0.2) is 28.9 Å². The minimum atomic E-state index is 0.0124. The maximum atomic E-state index is 14.2. The lowest BCUT2D eigenvalue weighted by molar-refractivity contribution is 0.0591. The lowest BCUT2D eigenvalue weighted by Crippen LogP contribution is -2.41. The molecule has 2 heterocycles. The summed E-state index contributed by atoms with van der Waals surface area (Å²) in [6.45, 7) is 4.74. The second-order valence-electron chi connectivity index (χ2n) is 9.97. The molecule has 6 heteroatoms. The average Bonchev–Trinajstić information content (AvgIpc) is 3.27. The lowest BCUT2D eigenvalue weighted by atomic mass is 9.83. The SMILES string of the molecule is CC[C@H]1CC[C@H](N(Cc2cc(-c3ccnc(C)c3)ccc2OC)C(=O)c2sc3ccccc3c2Cl)CC1. The summed E-state index contributed by atoms with van der Waals surface area (Å²) in [7, 11) is 1.69. The fourth-order valence-corrected chi connectivity index (χ4v) is 6.97. The quantitative estimate of drug-likeness (QED) is 0.239. The predicted molar refractivity (Wildman–Crippen MR) is 154 cm³/mol. The van der Waals surface area contributed by atoms with Crippen molar-refractivity contribution in [2.75, 3.05) is 7.11 Å². The van der Waals surface area contributed by atoms with Gasteiger partial charge in [0, 0.05) is 40.1 Å². The van der Waals surface area contributed by atoms with Gasteiger partial charge in [0.1, 0.15) is 10.6 Å². The Bertz CT molecular complexity index is 1410. The molecule has 1 saturated carbocycles. The molecular weight excluding hydrogens is 500 g/mol. The molecule has 5 rings (SSSR count). The van der Waals surface area contributed by atoms with Gasteiger partial charge in [-0.2, -0.15) is 0 Å². The molecule has 4 aromatic rings. The number of halogens is 1. The highest BCUT2D eigenvalue weighted by Gasteiger charge is 2.32. The summed E-state index contributed by atoms with van der Waals surface area (Å²) in [6.07, 6.45) is 7.36. The Kier molecular flexibility index (Phi) is 7.82. The number of carbonyl (C=O) groups is 1. The molecule has 1 aliphatic rings. The topological polar surface area (TPSA) is 42.4 Å². The van der Waals surface area contributed by atoms with Crippen molar-refractivity contribution >= 4 is 38.9 Å². The summed E-state index contributed by atoms with van der Waals surface area (Å²) in [5, 5.41) is 1.51. The van der Waals surface area contributed by atoms with Gasteiger partial charge in [-0.15, -0.1) is 11.3 Å². The van der Waals surface area contributed by atoms with Gasteiger partial charge in [-0.05, 0) is 80.0 Å². The number of aromatic nitrogens is 1. The van der Waals surface area contributed by atoms with Crippen LogP contribution in [0.2, 0.25) is 5.02 Å². The minimum absolute atomic E-state index is 0.0124. The van der Waals surface area contributed by atoms with E-state index in [0.717, 1.165) is 69.8 Å². The van der Waals surface area contributed by atoms with Gasteiger partial charge < -0.3 is 9.64 Å². The predicted octanol–water partition coefficient (Wildman–Crippen LogP) is 8.54. The summed E-state index contributed by atoms with van der Waals surface area (Å²) in [5.41, 5.74) is 4.16. The normalized spacial score (nSPS) is 17.6. The standard InChI is InChI=1S/C31H33ClN2O2S/c1-4-21-9-12-25(13-10-21)34(31(35)30-29(32)26-7-5-6-8-28(26)37-30)19-24-18-22(11-14-27(24)36-3)23-15-16-33-20(2)17-23/h5-8,11,14-18,21,25H,4,9-10,12-13,19H2,1-3H3/t21-,25-. The second-order valence-corrected chi connectivity index (χ2v) is 11.4. The summed E-state index contributed by atoms with van der Waals surface area (Å²) in [6, 6.07) is 18.5. The first kappa shape index (κ1) is 25.7. The molecule has 2 aromatic heterocycles. The second kappa shape index (κ2) is 11.2. The number of aryl methyl sites for hydroxylation is 1. The monoisotopic (exact) mass is 532 g/mol. The number of rotatable bonds is 7. The van der Waals surface area contributed by atoms with Gasteiger partial charge >= 0.3 is 0 Å². The summed E-state index contributed by atoms with van der Waals surface area (Å²) in [4.78, 5) is 21.2. The van der Waals surface area contributed by atoms with Crippen LogP contribution in [0, 0.1) is 12.8 Å². The van der Waals surface area contributed by atoms with Crippen LogP contribution in [0.1, 0.15) is 60.0 Å².